The van der Waals surface area contributed by atoms with Crippen molar-refractivity contribution >= 4 is 6.29 Å². The zero-order valence-electron chi connectivity index (χ0n) is 14.3. The number of phenols is 1. The Bertz CT molecular complexity index is 600. The van der Waals surface area contributed by atoms with E-state index in [1.807, 2.05) is 6.07 Å². The van der Waals surface area contributed by atoms with Crippen LogP contribution in [0.2, 0.25) is 0 Å². The lowest BCUT2D eigenvalue weighted by Crippen LogP contribution is -2.50. The second-order valence-corrected chi connectivity index (χ2v) is 8.31. The molecule has 3 rings (SSSR count). The lowest BCUT2D eigenvalue weighted by Gasteiger charge is -2.53. The normalized spacial score (nSPS) is 29.8. The van der Waals surface area contributed by atoms with E-state index < -0.39 is 0 Å². The monoisotopic (exact) mass is 300 g/mol. The Morgan fingerprint density at radius 2 is 2.00 bits per heavy atom. The Morgan fingerprint density at radius 3 is 2.64 bits per heavy atom. The molecule has 120 valence electrons. The van der Waals surface area contributed by atoms with Gasteiger partial charge in [-0.3, -0.25) is 0 Å². The predicted molar refractivity (Wildman–Crippen MR) is 89.4 cm³/mol. The van der Waals surface area contributed by atoms with Gasteiger partial charge in [-0.05, 0) is 65.7 Å². The molecule has 0 radical (unpaired) electrons. The van der Waals surface area contributed by atoms with Crippen molar-refractivity contribution in [1.82, 2.24) is 0 Å². The number of benzene rings is 1. The SMILES string of the molecule is CC(C)c1cc2c(cc1O)[C@]1(C=O)CCCC(C)(C)[C@@H]1CC2. The molecule has 2 aliphatic rings. The molecule has 0 spiro atoms. The molecule has 0 saturated heterocycles. The number of rotatable bonds is 2. The molecule has 1 fully saturated rings. The summed E-state index contributed by atoms with van der Waals surface area (Å²) in [5.74, 6) is 1.06. The highest BCUT2D eigenvalue weighted by molar-refractivity contribution is 5.73. The zero-order chi connectivity index (χ0) is 16.1. The van der Waals surface area contributed by atoms with Crippen LogP contribution in [-0.2, 0) is 16.6 Å². The van der Waals surface area contributed by atoms with Crippen LogP contribution < -0.4 is 0 Å². The smallest absolute Gasteiger partial charge is 0.130 e. The number of phenolic OH excluding ortho intramolecular Hbond substituents is 1. The van der Waals surface area contributed by atoms with E-state index in [1.165, 1.54) is 18.3 Å². The molecular formula is C20H28O2. The molecule has 1 aromatic rings. The Labute approximate surface area is 133 Å². The molecule has 22 heavy (non-hydrogen) atoms. The lowest BCUT2D eigenvalue weighted by molar-refractivity contribution is -0.119. The van der Waals surface area contributed by atoms with Crippen LogP contribution in [0.1, 0.15) is 76.0 Å². The highest BCUT2D eigenvalue weighted by atomic mass is 16.3. The van der Waals surface area contributed by atoms with E-state index in [0.29, 0.717) is 17.6 Å². The van der Waals surface area contributed by atoms with Crippen LogP contribution >= 0.6 is 0 Å². The summed E-state index contributed by atoms with van der Waals surface area (Å²) in [6.45, 7) is 8.82. The summed E-state index contributed by atoms with van der Waals surface area (Å²) in [6, 6.07) is 4.06. The third-order valence-corrected chi connectivity index (χ3v) is 6.27. The second-order valence-electron chi connectivity index (χ2n) is 8.31. The third-order valence-electron chi connectivity index (χ3n) is 6.27. The maximum absolute atomic E-state index is 12.2. The van der Waals surface area contributed by atoms with Gasteiger partial charge in [0.15, 0.2) is 0 Å². The van der Waals surface area contributed by atoms with Gasteiger partial charge in [-0.15, -0.1) is 0 Å². The van der Waals surface area contributed by atoms with Gasteiger partial charge in [-0.2, -0.15) is 0 Å². The number of aryl methyl sites for hydroxylation is 1. The van der Waals surface area contributed by atoms with E-state index in [-0.39, 0.29) is 10.8 Å². The van der Waals surface area contributed by atoms with Gasteiger partial charge in [0, 0.05) is 0 Å². The molecule has 2 atom stereocenters. The zero-order valence-corrected chi connectivity index (χ0v) is 14.3. The fourth-order valence-corrected chi connectivity index (χ4v) is 5.11. The Balaban J connectivity index is 2.18. The van der Waals surface area contributed by atoms with E-state index in [4.69, 9.17) is 0 Å². The first-order chi connectivity index (χ1) is 10.3. The molecule has 0 aliphatic heterocycles. The summed E-state index contributed by atoms with van der Waals surface area (Å²) in [5.41, 5.74) is 3.20. The Kier molecular flexibility index (Phi) is 3.62. The van der Waals surface area contributed by atoms with Crippen molar-refractivity contribution in [1.29, 1.82) is 0 Å². The average molecular weight is 300 g/mol. The number of carbonyl (C=O) groups excluding carboxylic acids is 1. The summed E-state index contributed by atoms with van der Waals surface area (Å²) in [7, 11) is 0. The van der Waals surface area contributed by atoms with Crippen LogP contribution in [0.4, 0.5) is 0 Å². The van der Waals surface area contributed by atoms with Crippen molar-refractivity contribution in [2.75, 3.05) is 0 Å². The van der Waals surface area contributed by atoms with Crippen LogP contribution in [0.15, 0.2) is 12.1 Å². The highest BCUT2D eigenvalue weighted by Gasteiger charge is 2.52. The minimum Gasteiger partial charge on any atom is -0.508 e. The molecule has 0 heterocycles. The second kappa shape index (κ2) is 5.11. The third kappa shape index (κ3) is 2.11. The fraction of sp³-hybridized carbons (Fsp3) is 0.650. The predicted octanol–water partition coefficient (Wildman–Crippen LogP) is 4.72. The van der Waals surface area contributed by atoms with E-state index in [1.54, 1.807) is 0 Å². The van der Waals surface area contributed by atoms with E-state index in [9.17, 15) is 9.90 Å². The number of aromatic hydroxyl groups is 1. The number of hydrogen-bond acceptors (Lipinski definition) is 2. The van der Waals surface area contributed by atoms with Crippen LogP contribution in [0.3, 0.4) is 0 Å². The number of aldehydes is 1. The first-order valence-electron chi connectivity index (χ1n) is 8.64. The molecule has 0 unspecified atom stereocenters. The number of hydrogen-bond donors (Lipinski definition) is 1. The first-order valence-corrected chi connectivity index (χ1v) is 8.64. The van der Waals surface area contributed by atoms with Crippen molar-refractivity contribution in [3.05, 3.63) is 28.8 Å². The molecule has 1 saturated carbocycles. The maximum Gasteiger partial charge on any atom is 0.130 e. The van der Waals surface area contributed by atoms with Crippen molar-refractivity contribution in [2.45, 2.75) is 71.1 Å². The van der Waals surface area contributed by atoms with Gasteiger partial charge in [0.25, 0.3) is 0 Å². The van der Waals surface area contributed by atoms with Crippen molar-refractivity contribution in [3.63, 3.8) is 0 Å². The van der Waals surface area contributed by atoms with Gasteiger partial charge in [0.05, 0.1) is 5.41 Å². The van der Waals surface area contributed by atoms with Crippen LogP contribution in [0.5, 0.6) is 5.75 Å². The molecule has 0 amide bonds. The van der Waals surface area contributed by atoms with Gasteiger partial charge in [0.2, 0.25) is 0 Å². The minimum absolute atomic E-state index is 0.198. The first kappa shape index (κ1) is 15.6. The van der Waals surface area contributed by atoms with Gasteiger partial charge >= 0.3 is 0 Å². The number of carbonyl (C=O) groups is 1. The van der Waals surface area contributed by atoms with Gasteiger partial charge in [0.1, 0.15) is 12.0 Å². The van der Waals surface area contributed by atoms with Crippen LogP contribution in [0.25, 0.3) is 0 Å². The highest BCUT2D eigenvalue weighted by Crippen LogP contribution is 2.57. The largest absolute Gasteiger partial charge is 0.508 e. The van der Waals surface area contributed by atoms with E-state index in [0.717, 1.165) is 36.8 Å². The van der Waals surface area contributed by atoms with Crippen molar-refractivity contribution in [3.8, 4) is 5.75 Å². The molecule has 2 aliphatic carbocycles. The summed E-state index contributed by atoms with van der Waals surface area (Å²) < 4.78 is 0. The van der Waals surface area contributed by atoms with Crippen molar-refractivity contribution < 1.29 is 9.90 Å². The molecule has 0 aromatic heterocycles. The standard InChI is InChI=1S/C20H28O2/c1-13(2)15-10-14-6-7-18-19(3,4)8-5-9-20(18,12-21)16(14)11-17(15)22/h10-13,18,22H,5-9H2,1-4H3/t18-,20+/m0/s1. The fourth-order valence-electron chi connectivity index (χ4n) is 5.11. The van der Waals surface area contributed by atoms with Gasteiger partial charge in [-0.1, -0.05) is 40.2 Å². The molecule has 2 heteroatoms. The average Bonchev–Trinajstić information content (AvgIpc) is 2.45. The lowest BCUT2D eigenvalue weighted by atomic mass is 9.50. The Morgan fingerprint density at radius 1 is 1.27 bits per heavy atom. The van der Waals surface area contributed by atoms with Gasteiger partial charge in [-0.25, -0.2) is 0 Å². The van der Waals surface area contributed by atoms with E-state index in [2.05, 4.69) is 33.8 Å². The minimum atomic E-state index is -0.387. The summed E-state index contributed by atoms with van der Waals surface area (Å²) in [6.07, 6.45) is 6.52. The summed E-state index contributed by atoms with van der Waals surface area (Å²) in [4.78, 5) is 12.2. The van der Waals surface area contributed by atoms with E-state index >= 15 is 0 Å². The molecular weight excluding hydrogens is 272 g/mol. The van der Waals surface area contributed by atoms with Crippen LogP contribution in [-0.4, -0.2) is 11.4 Å². The molecule has 1 N–H and O–H groups in total. The van der Waals surface area contributed by atoms with Crippen LogP contribution in [0, 0.1) is 11.3 Å². The topological polar surface area (TPSA) is 37.3 Å². The summed E-state index contributed by atoms with van der Waals surface area (Å²) >= 11 is 0. The maximum atomic E-state index is 12.2. The quantitative estimate of drug-likeness (QED) is 0.802. The summed E-state index contributed by atoms with van der Waals surface area (Å²) in [5, 5.41) is 10.5. The Hall–Kier alpha value is -1.31. The number of fused-ring (bicyclic) bond motifs is 3. The van der Waals surface area contributed by atoms with Gasteiger partial charge < -0.3 is 9.90 Å². The van der Waals surface area contributed by atoms with Crippen molar-refractivity contribution in [2.24, 2.45) is 11.3 Å². The molecule has 0 bridgehead atoms. The molecule has 1 aromatic carbocycles. The molecule has 2 nitrogen and oxygen atoms in total.